The molecule has 1 fully saturated rings. The Balaban J connectivity index is 2.20. The summed E-state index contributed by atoms with van der Waals surface area (Å²) in [5, 5.41) is 40.3. The maximum Gasteiger partial charge on any atom is 0.306 e. The van der Waals surface area contributed by atoms with Gasteiger partial charge in [0, 0.05) is 13.0 Å². The molecule has 0 amide bonds. The molecule has 6 unspecified atom stereocenters. The van der Waals surface area contributed by atoms with E-state index in [1.807, 2.05) is 0 Å². The highest BCUT2D eigenvalue weighted by Gasteiger charge is 2.44. The van der Waals surface area contributed by atoms with E-state index in [1.165, 1.54) is 141 Å². The Labute approximate surface area is 417 Å². The van der Waals surface area contributed by atoms with Crippen molar-refractivity contribution in [1.29, 1.82) is 0 Å². The van der Waals surface area contributed by atoms with Crippen molar-refractivity contribution in [1.82, 2.24) is 0 Å². The first-order valence-corrected chi connectivity index (χ1v) is 28.0. The highest BCUT2D eigenvalue weighted by atomic mass is 16.7. The molecule has 1 rings (SSSR count). The molecule has 0 aromatic carbocycles. The Morgan fingerprint density at radius 2 is 0.853 bits per heavy atom. The SMILES string of the molecule is CCCCCCC/C=C\C/C=C\C/C=C\CCCCCCCCCCCOCC(COC1OC(CO)C(O)C(O)C1O)OC(=O)CCCCCCCC/C=C\C/C=C\C/C=C\CCCCCCC. The zero-order valence-corrected chi connectivity index (χ0v) is 43.6. The van der Waals surface area contributed by atoms with Crippen molar-refractivity contribution in [2.45, 2.75) is 269 Å². The summed E-state index contributed by atoms with van der Waals surface area (Å²) in [7, 11) is 0. The molecular weight excluding hydrogens is 853 g/mol. The summed E-state index contributed by atoms with van der Waals surface area (Å²) >= 11 is 0. The summed E-state index contributed by atoms with van der Waals surface area (Å²) in [6, 6.07) is 0. The largest absolute Gasteiger partial charge is 0.457 e. The van der Waals surface area contributed by atoms with E-state index in [4.69, 9.17) is 18.9 Å². The number of aliphatic hydroxyl groups is 4. The van der Waals surface area contributed by atoms with Gasteiger partial charge >= 0.3 is 5.97 Å². The second-order valence-electron chi connectivity index (χ2n) is 19.0. The van der Waals surface area contributed by atoms with Gasteiger partial charge in [-0.1, -0.05) is 209 Å². The summed E-state index contributed by atoms with van der Waals surface area (Å²) < 4.78 is 22.9. The minimum atomic E-state index is -1.54. The van der Waals surface area contributed by atoms with Crippen LogP contribution < -0.4 is 0 Å². The normalized spacial score (nSPS) is 19.6. The number of aliphatic hydroxyl groups excluding tert-OH is 4. The standard InChI is InChI=1S/C59H104O9/c1-3-5-7-9-11-13-15-17-19-21-23-25-26-27-29-31-33-35-37-39-41-43-45-47-49-65-51-53(52-66-59-58(64)57(63)56(62)54(50-60)68-59)67-55(61)48-46-44-42-40-38-36-34-32-30-28-24-22-20-18-16-14-12-10-8-6-4-2/h15-18,21-24,26-27,30,32,53-54,56-60,62-64H,3-14,19-20,25,28-29,31,33-52H2,1-2H3/b17-15-,18-16-,23-21-,24-22-,27-26-,32-30-. The quantitative estimate of drug-likeness (QED) is 0.0267. The topological polar surface area (TPSA) is 135 Å². The summed E-state index contributed by atoms with van der Waals surface area (Å²) in [6.45, 7) is 4.52. The molecule has 1 saturated heterocycles. The van der Waals surface area contributed by atoms with E-state index in [1.54, 1.807) is 0 Å². The van der Waals surface area contributed by atoms with Crippen LogP contribution in [0.5, 0.6) is 0 Å². The van der Waals surface area contributed by atoms with E-state index in [9.17, 15) is 25.2 Å². The van der Waals surface area contributed by atoms with Crippen LogP contribution in [0.3, 0.4) is 0 Å². The van der Waals surface area contributed by atoms with Crippen LogP contribution in [0.15, 0.2) is 72.9 Å². The van der Waals surface area contributed by atoms with Gasteiger partial charge in [0.2, 0.25) is 0 Å². The summed E-state index contributed by atoms with van der Waals surface area (Å²) in [4.78, 5) is 12.9. The van der Waals surface area contributed by atoms with E-state index in [0.29, 0.717) is 13.0 Å². The fourth-order valence-electron chi connectivity index (χ4n) is 8.21. The molecule has 1 aliphatic rings. The first kappa shape index (κ1) is 63.6. The van der Waals surface area contributed by atoms with Crippen molar-refractivity contribution >= 4 is 5.97 Å². The highest BCUT2D eigenvalue weighted by Crippen LogP contribution is 2.23. The number of unbranched alkanes of at least 4 members (excludes halogenated alkanes) is 25. The van der Waals surface area contributed by atoms with Gasteiger partial charge in [0.1, 0.15) is 30.5 Å². The van der Waals surface area contributed by atoms with Gasteiger partial charge in [-0.15, -0.1) is 0 Å². The Hall–Kier alpha value is -2.37. The zero-order valence-electron chi connectivity index (χ0n) is 43.6. The molecule has 0 aromatic heterocycles. The molecule has 0 bridgehead atoms. The minimum absolute atomic E-state index is 0.124. The Bertz CT molecular complexity index is 1270. The van der Waals surface area contributed by atoms with Gasteiger partial charge in [0.05, 0.1) is 19.8 Å². The summed E-state index contributed by atoms with van der Waals surface area (Å²) in [5.74, 6) is -0.328. The second kappa shape index (κ2) is 49.6. The number of rotatable bonds is 48. The van der Waals surface area contributed by atoms with Gasteiger partial charge < -0.3 is 39.4 Å². The molecule has 0 spiro atoms. The average molecular weight is 957 g/mol. The van der Waals surface area contributed by atoms with Crippen LogP contribution in [0.1, 0.15) is 232 Å². The molecule has 0 aliphatic carbocycles. The number of esters is 1. The molecule has 0 aromatic rings. The van der Waals surface area contributed by atoms with E-state index in [0.717, 1.165) is 70.6 Å². The molecule has 6 atom stereocenters. The maximum atomic E-state index is 12.9. The Morgan fingerprint density at radius 3 is 1.28 bits per heavy atom. The lowest BCUT2D eigenvalue weighted by Crippen LogP contribution is -2.59. The van der Waals surface area contributed by atoms with E-state index in [-0.39, 0.29) is 19.2 Å². The van der Waals surface area contributed by atoms with Crippen LogP contribution in [0.2, 0.25) is 0 Å². The van der Waals surface area contributed by atoms with Crippen molar-refractivity contribution < 1.29 is 44.2 Å². The molecule has 9 heteroatoms. The number of hydrogen-bond donors (Lipinski definition) is 4. The monoisotopic (exact) mass is 957 g/mol. The van der Waals surface area contributed by atoms with Crippen molar-refractivity contribution in [2.24, 2.45) is 0 Å². The molecule has 0 radical (unpaired) electrons. The van der Waals surface area contributed by atoms with Gasteiger partial charge in [-0.3, -0.25) is 4.79 Å². The van der Waals surface area contributed by atoms with Crippen LogP contribution in [0, 0.1) is 0 Å². The number of ether oxygens (including phenoxy) is 4. The molecule has 68 heavy (non-hydrogen) atoms. The molecule has 4 N–H and O–H groups in total. The van der Waals surface area contributed by atoms with Crippen LogP contribution in [0.25, 0.3) is 0 Å². The first-order valence-electron chi connectivity index (χ1n) is 28.0. The van der Waals surface area contributed by atoms with Gasteiger partial charge in [-0.25, -0.2) is 0 Å². The zero-order chi connectivity index (χ0) is 49.2. The lowest BCUT2D eigenvalue weighted by molar-refractivity contribution is -0.305. The number of allylic oxidation sites excluding steroid dienone is 12. The van der Waals surface area contributed by atoms with Crippen LogP contribution >= 0.6 is 0 Å². The lowest BCUT2D eigenvalue weighted by atomic mass is 9.99. The van der Waals surface area contributed by atoms with E-state index in [2.05, 4.69) is 86.8 Å². The summed E-state index contributed by atoms with van der Waals surface area (Å²) in [6.07, 6.45) is 59.3. The highest BCUT2D eigenvalue weighted by molar-refractivity contribution is 5.69. The number of carbonyl (C=O) groups is 1. The molecule has 9 nitrogen and oxygen atoms in total. The van der Waals surface area contributed by atoms with E-state index < -0.39 is 43.4 Å². The average Bonchev–Trinajstić information content (AvgIpc) is 3.34. The van der Waals surface area contributed by atoms with Crippen molar-refractivity contribution in [3.05, 3.63) is 72.9 Å². The lowest BCUT2D eigenvalue weighted by Gasteiger charge is -2.39. The van der Waals surface area contributed by atoms with Gasteiger partial charge in [0.15, 0.2) is 6.29 Å². The fourth-order valence-corrected chi connectivity index (χ4v) is 8.21. The van der Waals surface area contributed by atoms with Crippen molar-refractivity contribution in [3.63, 3.8) is 0 Å². The molecule has 394 valence electrons. The van der Waals surface area contributed by atoms with Crippen molar-refractivity contribution in [2.75, 3.05) is 26.4 Å². The number of carbonyl (C=O) groups excluding carboxylic acids is 1. The summed E-state index contributed by atoms with van der Waals surface area (Å²) in [5.41, 5.74) is 0. The fraction of sp³-hybridized carbons (Fsp3) is 0.780. The molecular formula is C59H104O9. The third kappa shape index (κ3) is 39.4. The Kier molecular flexibility index (Phi) is 46.4. The van der Waals surface area contributed by atoms with Crippen molar-refractivity contribution in [3.8, 4) is 0 Å². The molecule has 0 saturated carbocycles. The third-order valence-corrected chi connectivity index (χ3v) is 12.6. The van der Waals surface area contributed by atoms with Crippen LogP contribution in [0.4, 0.5) is 0 Å². The number of hydrogen-bond acceptors (Lipinski definition) is 9. The smallest absolute Gasteiger partial charge is 0.306 e. The third-order valence-electron chi connectivity index (χ3n) is 12.6. The molecule has 1 aliphatic heterocycles. The van der Waals surface area contributed by atoms with Crippen LogP contribution in [-0.4, -0.2) is 89.6 Å². The van der Waals surface area contributed by atoms with Gasteiger partial charge in [0.25, 0.3) is 0 Å². The molecule has 1 heterocycles. The van der Waals surface area contributed by atoms with Gasteiger partial charge in [-0.2, -0.15) is 0 Å². The maximum absolute atomic E-state index is 12.9. The van der Waals surface area contributed by atoms with E-state index >= 15 is 0 Å². The minimum Gasteiger partial charge on any atom is -0.457 e. The predicted octanol–water partition coefficient (Wildman–Crippen LogP) is 14.4. The predicted molar refractivity (Wildman–Crippen MR) is 284 cm³/mol. The second-order valence-corrected chi connectivity index (χ2v) is 19.0. The van der Waals surface area contributed by atoms with Gasteiger partial charge in [-0.05, 0) is 89.9 Å². The first-order chi connectivity index (χ1) is 33.4. The Morgan fingerprint density at radius 1 is 0.471 bits per heavy atom. The van der Waals surface area contributed by atoms with Crippen LogP contribution in [-0.2, 0) is 23.7 Å².